The highest BCUT2D eigenvalue weighted by atomic mass is 35.5. The van der Waals surface area contributed by atoms with E-state index in [4.69, 9.17) is 11.6 Å². The molecule has 0 atom stereocenters. The van der Waals surface area contributed by atoms with Crippen molar-refractivity contribution in [2.24, 2.45) is 0 Å². The van der Waals surface area contributed by atoms with Gasteiger partial charge in [0, 0.05) is 22.5 Å². The quantitative estimate of drug-likeness (QED) is 0.521. The van der Waals surface area contributed by atoms with Crippen molar-refractivity contribution >= 4 is 28.8 Å². The van der Waals surface area contributed by atoms with Gasteiger partial charge in [-0.25, -0.2) is 14.6 Å². The Morgan fingerprint density at radius 1 is 1.14 bits per heavy atom. The van der Waals surface area contributed by atoms with Crippen molar-refractivity contribution in [3.63, 3.8) is 0 Å². The number of carbonyl (C=O) groups is 1. The topological polar surface area (TPSA) is 72.7 Å². The zero-order valence-electron chi connectivity index (χ0n) is 14.7. The van der Waals surface area contributed by atoms with Crippen LogP contribution in [0.4, 0.5) is 0 Å². The highest BCUT2D eigenvalue weighted by Crippen LogP contribution is 2.26. The molecule has 0 fully saturated rings. The second-order valence-corrected chi connectivity index (χ2v) is 7.44. The molecular formula is C20H16ClN5OS. The Labute approximate surface area is 170 Å². The number of hydrogen-bond donors (Lipinski definition) is 1. The van der Waals surface area contributed by atoms with E-state index in [1.54, 1.807) is 16.4 Å². The first kappa shape index (κ1) is 18.3. The van der Waals surface area contributed by atoms with Gasteiger partial charge in [0.1, 0.15) is 23.4 Å². The first-order chi connectivity index (χ1) is 13.7. The maximum atomic E-state index is 12.4. The van der Waals surface area contributed by atoms with Crippen LogP contribution in [0.5, 0.6) is 0 Å². The Hall–Kier alpha value is -3.03. The number of carbonyl (C=O) groups excluding carboxylic acids is 1. The summed E-state index contributed by atoms with van der Waals surface area (Å²) < 4.78 is 1.76. The van der Waals surface area contributed by atoms with Crippen molar-refractivity contribution in [2.75, 3.05) is 0 Å². The molecule has 0 bridgehead atoms. The summed E-state index contributed by atoms with van der Waals surface area (Å²) >= 11 is 7.44. The van der Waals surface area contributed by atoms with Crippen LogP contribution < -0.4 is 5.32 Å². The second kappa shape index (κ2) is 8.33. The Bertz CT molecular complexity index is 1080. The van der Waals surface area contributed by atoms with Crippen LogP contribution >= 0.6 is 22.9 Å². The van der Waals surface area contributed by atoms with Crippen molar-refractivity contribution in [1.29, 1.82) is 0 Å². The molecule has 2 aromatic carbocycles. The summed E-state index contributed by atoms with van der Waals surface area (Å²) in [6.07, 6.45) is 3.19. The summed E-state index contributed by atoms with van der Waals surface area (Å²) in [6, 6.07) is 15.5. The molecule has 0 aliphatic heterocycles. The summed E-state index contributed by atoms with van der Waals surface area (Å²) in [4.78, 5) is 20.8. The fourth-order valence-electron chi connectivity index (χ4n) is 2.67. The zero-order valence-corrected chi connectivity index (χ0v) is 16.3. The van der Waals surface area contributed by atoms with Gasteiger partial charge in [-0.05, 0) is 23.3 Å². The van der Waals surface area contributed by atoms with E-state index in [1.165, 1.54) is 17.7 Å². The number of nitrogens with one attached hydrogen (secondary N) is 1. The second-order valence-electron chi connectivity index (χ2n) is 6.14. The molecule has 8 heteroatoms. The van der Waals surface area contributed by atoms with E-state index in [0.717, 1.165) is 21.7 Å². The van der Waals surface area contributed by atoms with Gasteiger partial charge in [0.05, 0.1) is 6.54 Å². The molecule has 6 nitrogen and oxygen atoms in total. The summed E-state index contributed by atoms with van der Waals surface area (Å²) in [6.45, 7) is 1.10. The van der Waals surface area contributed by atoms with Gasteiger partial charge in [-0.3, -0.25) is 4.79 Å². The summed E-state index contributed by atoms with van der Waals surface area (Å²) in [5, 5.41) is 10.2. The van der Waals surface area contributed by atoms with E-state index in [-0.39, 0.29) is 5.91 Å². The lowest BCUT2D eigenvalue weighted by atomic mass is 10.1. The van der Waals surface area contributed by atoms with Gasteiger partial charge < -0.3 is 5.32 Å². The van der Waals surface area contributed by atoms with Crippen LogP contribution in [0.15, 0.2) is 66.6 Å². The third-order valence-corrected chi connectivity index (χ3v) is 5.22. The van der Waals surface area contributed by atoms with Crippen LogP contribution in [0.3, 0.4) is 0 Å². The molecule has 0 spiro atoms. The molecule has 1 amide bonds. The number of nitrogens with zero attached hydrogens (tertiary/aromatic N) is 4. The number of benzene rings is 2. The molecule has 1 N–H and O–H groups in total. The SMILES string of the molecule is O=C(NCc1ccc(Cn2cncn2)cc1)c1csc(-c2cccc(Cl)c2)n1. The van der Waals surface area contributed by atoms with E-state index >= 15 is 0 Å². The van der Waals surface area contributed by atoms with E-state index in [2.05, 4.69) is 20.4 Å². The normalized spacial score (nSPS) is 10.8. The molecule has 0 aliphatic carbocycles. The summed E-state index contributed by atoms with van der Waals surface area (Å²) in [5.41, 5.74) is 3.44. The average Bonchev–Trinajstić information content (AvgIpc) is 3.39. The first-order valence-corrected chi connectivity index (χ1v) is 9.83. The van der Waals surface area contributed by atoms with E-state index in [0.29, 0.717) is 23.8 Å². The predicted molar refractivity (Wildman–Crippen MR) is 109 cm³/mol. The number of halogens is 1. The Kier molecular flexibility index (Phi) is 5.45. The van der Waals surface area contributed by atoms with Crippen molar-refractivity contribution in [2.45, 2.75) is 13.1 Å². The largest absolute Gasteiger partial charge is 0.347 e. The summed E-state index contributed by atoms with van der Waals surface area (Å²) in [7, 11) is 0. The number of rotatable bonds is 6. The van der Waals surface area contributed by atoms with E-state index < -0.39 is 0 Å². The Morgan fingerprint density at radius 2 is 1.96 bits per heavy atom. The molecule has 4 rings (SSSR count). The van der Waals surface area contributed by atoms with Crippen molar-refractivity contribution < 1.29 is 4.79 Å². The van der Waals surface area contributed by atoms with Crippen molar-refractivity contribution in [3.8, 4) is 10.6 Å². The molecule has 0 saturated carbocycles. The van der Waals surface area contributed by atoms with Crippen molar-refractivity contribution in [3.05, 3.63) is 88.4 Å². The monoisotopic (exact) mass is 409 g/mol. The van der Waals surface area contributed by atoms with Crippen LogP contribution in [0, 0.1) is 0 Å². The van der Waals surface area contributed by atoms with Gasteiger partial charge in [0.15, 0.2) is 0 Å². The van der Waals surface area contributed by atoms with Crippen LogP contribution in [0.25, 0.3) is 10.6 Å². The molecule has 4 aromatic rings. The molecule has 140 valence electrons. The number of aromatic nitrogens is 4. The Balaban J connectivity index is 1.35. The lowest BCUT2D eigenvalue weighted by Gasteiger charge is -2.06. The molecule has 0 aliphatic rings. The number of hydrogen-bond acceptors (Lipinski definition) is 5. The zero-order chi connectivity index (χ0) is 19.3. The molecule has 0 unspecified atom stereocenters. The molecule has 28 heavy (non-hydrogen) atoms. The molecule has 0 radical (unpaired) electrons. The first-order valence-electron chi connectivity index (χ1n) is 8.57. The third-order valence-electron chi connectivity index (χ3n) is 4.10. The standard InChI is InChI=1S/C20H16ClN5OS/c21-17-3-1-2-16(8-17)20-25-18(11-28-20)19(27)23-9-14-4-6-15(7-5-14)10-26-13-22-12-24-26/h1-8,11-13H,9-10H2,(H,23,27). The fourth-order valence-corrected chi connectivity index (χ4v) is 3.66. The van der Waals surface area contributed by atoms with Gasteiger partial charge in [-0.2, -0.15) is 5.10 Å². The minimum Gasteiger partial charge on any atom is -0.347 e. The van der Waals surface area contributed by atoms with Gasteiger partial charge in [0.2, 0.25) is 0 Å². The summed E-state index contributed by atoms with van der Waals surface area (Å²) in [5.74, 6) is -0.198. The Morgan fingerprint density at radius 3 is 2.71 bits per heavy atom. The van der Waals surface area contributed by atoms with E-state index in [1.807, 2.05) is 48.5 Å². The maximum Gasteiger partial charge on any atom is 0.271 e. The molecular weight excluding hydrogens is 394 g/mol. The van der Waals surface area contributed by atoms with Crippen LogP contribution in [0.1, 0.15) is 21.6 Å². The number of thiazole rings is 1. The molecule has 0 saturated heterocycles. The van der Waals surface area contributed by atoms with Crippen LogP contribution in [-0.2, 0) is 13.1 Å². The van der Waals surface area contributed by atoms with Gasteiger partial charge in [-0.1, -0.05) is 48.0 Å². The maximum absolute atomic E-state index is 12.4. The predicted octanol–water partition coefficient (Wildman–Crippen LogP) is 4.03. The van der Waals surface area contributed by atoms with Crippen molar-refractivity contribution in [1.82, 2.24) is 25.1 Å². The minimum atomic E-state index is -0.198. The van der Waals surface area contributed by atoms with Gasteiger partial charge in [0.25, 0.3) is 5.91 Å². The average molecular weight is 410 g/mol. The fraction of sp³-hybridized carbons (Fsp3) is 0.100. The van der Waals surface area contributed by atoms with Crippen LogP contribution in [0.2, 0.25) is 5.02 Å². The van der Waals surface area contributed by atoms with Crippen LogP contribution in [-0.4, -0.2) is 25.7 Å². The lowest BCUT2D eigenvalue weighted by molar-refractivity contribution is 0.0946. The minimum absolute atomic E-state index is 0.198. The van der Waals surface area contributed by atoms with E-state index in [9.17, 15) is 4.79 Å². The van der Waals surface area contributed by atoms with Gasteiger partial charge >= 0.3 is 0 Å². The highest BCUT2D eigenvalue weighted by Gasteiger charge is 2.12. The highest BCUT2D eigenvalue weighted by molar-refractivity contribution is 7.13. The lowest BCUT2D eigenvalue weighted by Crippen LogP contribution is -2.23. The molecule has 2 aromatic heterocycles. The third kappa shape index (κ3) is 4.44. The number of amides is 1. The molecule has 2 heterocycles. The smallest absolute Gasteiger partial charge is 0.271 e. The van der Waals surface area contributed by atoms with Gasteiger partial charge in [-0.15, -0.1) is 11.3 Å².